The van der Waals surface area contributed by atoms with Gasteiger partial charge in [-0.3, -0.25) is 9.59 Å². The van der Waals surface area contributed by atoms with Gasteiger partial charge < -0.3 is 75.2 Å². The normalized spacial score (nSPS) is 16.7. The van der Waals surface area contributed by atoms with E-state index in [2.05, 4.69) is 20.8 Å². The predicted octanol–water partition coefficient (Wildman–Crippen LogP) is 3.09. The highest BCUT2D eigenvalue weighted by Crippen LogP contribution is 2.51. The third-order valence-corrected chi connectivity index (χ3v) is 16.4. The van der Waals surface area contributed by atoms with E-state index >= 15 is 0 Å². The van der Waals surface area contributed by atoms with Crippen molar-refractivity contribution in [2.45, 2.75) is 81.9 Å². The van der Waals surface area contributed by atoms with Gasteiger partial charge in [0.15, 0.2) is 6.54 Å². The number of imide groups is 1. The van der Waals surface area contributed by atoms with Crippen LogP contribution in [0.5, 0.6) is 0 Å². The zero-order chi connectivity index (χ0) is 64.9. The molecule has 1 aliphatic carbocycles. The van der Waals surface area contributed by atoms with Crippen LogP contribution in [-0.4, -0.2) is 226 Å². The van der Waals surface area contributed by atoms with Gasteiger partial charge in [-0.05, 0) is 78.8 Å². The molecule has 500 valence electrons. The molecular formula is C59H85N3O24S3-2. The molecule has 1 aromatic carbocycles. The standard InChI is InChI=1S/C59H87N3O24S3/c1-58(2,3)50-44-47(85-53-43-46(11-13-49(50)53)60(19-8-42-88(69,70)71)20-23-77-28-31-81-36-39-83-34-33-79-26-25-75-5)9-6-10-54-59(4,18-7-41-87(66,67)68)51-45-48(89(72,73)74)12-14-52(51)61(54)21-24-78-29-32-82-37-40-84-38-35-80-30-27-76-22-17-57(65)86-62-55(63)15-16-56(62)64/h6,9-14,43-45H,7-8,15-42H2,1-5H3,(H2-,66,67,68,69,70,71,72,73,74)/p-2. The van der Waals surface area contributed by atoms with Crippen LogP contribution < -0.4 is 14.8 Å². The largest absolute Gasteiger partial charge is 0.748 e. The van der Waals surface area contributed by atoms with E-state index in [1.165, 1.54) is 18.2 Å². The van der Waals surface area contributed by atoms with Crippen molar-refractivity contribution < 1.29 is 110 Å². The summed E-state index contributed by atoms with van der Waals surface area (Å²) in [5.74, 6) is -2.18. The van der Waals surface area contributed by atoms with Gasteiger partial charge >= 0.3 is 5.97 Å². The molecule has 0 spiro atoms. The van der Waals surface area contributed by atoms with E-state index in [4.69, 9.17) is 56.6 Å². The summed E-state index contributed by atoms with van der Waals surface area (Å²) in [6.45, 7) is 14.3. The number of amides is 2. The lowest BCUT2D eigenvalue weighted by atomic mass is 9.77. The molecule has 89 heavy (non-hydrogen) atoms. The molecule has 0 radical (unpaired) electrons. The molecule has 1 aromatic rings. The van der Waals surface area contributed by atoms with Gasteiger partial charge in [0.05, 0.1) is 157 Å². The fraction of sp³-hybridized carbons (Fsp3) is 0.627. The Morgan fingerprint density at radius 3 is 1.70 bits per heavy atom. The quantitative estimate of drug-likeness (QED) is 0.0339. The molecule has 2 amide bonds. The van der Waals surface area contributed by atoms with Gasteiger partial charge in [-0.1, -0.05) is 26.8 Å². The number of fused-ring (bicyclic) bond motifs is 2. The Kier molecular flexibility index (Phi) is 31.3. The first-order valence-corrected chi connectivity index (χ1v) is 33.9. The Morgan fingerprint density at radius 1 is 0.652 bits per heavy atom. The second-order valence-corrected chi connectivity index (χ2v) is 26.2. The molecule has 5 rings (SSSR count). The topological polar surface area (TPSA) is 347 Å². The molecule has 0 bridgehead atoms. The van der Waals surface area contributed by atoms with Crippen LogP contribution >= 0.6 is 0 Å². The van der Waals surface area contributed by atoms with E-state index in [0.29, 0.717) is 91.7 Å². The maximum absolute atomic E-state index is 12.4. The number of anilines is 1. The van der Waals surface area contributed by atoms with Gasteiger partial charge in [-0.15, -0.1) is 5.06 Å². The third-order valence-electron chi connectivity index (χ3n) is 14.0. The molecule has 1 fully saturated rings. The first-order valence-electron chi connectivity index (χ1n) is 29.4. The Bertz CT molecular complexity index is 3160. The Hall–Kier alpha value is -5.13. The van der Waals surface area contributed by atoms with E-state index in [1.54, 1.807) is 32.3 Å². The van der Waals surface area contributed by atoms with Crippen molar-refractivity contribution in [3.8, 4) is 11.3 Å². The number of rotatable bonds is 45. The first-order chi connectivity index (χ1) is 42.3. The number of allylic oxidation sites excluding steroid dienone is 3. The van der Waals surface area contributed by atoms with Gasteiger partial charge in [0.2, 0.25) is 5.36 Å². The van der Waals surface area contributed by atoms with Crippen LogP contribution in [0.25, 0.3) is 17.4 Å². The second kappa shape index (κ2) is 37.4. The third kappa shape index (κ3) is 26.6. The smallest absolute Gasteiger partial charge is 0.335 e. The van der Waals surface area contributed by atoms with Crippen LogP contribution in [0.3, 0.4) is 0 Å². The highest BCUT2D eigenvalue weighted by molar-refractivity contribution is 7.86. The maximum Gasteiger partial charge on any atom is 0.335 e. The van der Waals surface area contributed by atoms with Crippen molar-refractivity contribution in [3.63, 3.8) is 0 Å². The summed E-state index contributed by atoms with van der Waals surface area (Å²) in [5.41, 5.74) is 1.78. The van der Waals surface area contributed by atoms with Crippen molar-refractivity contribution in [1.29, 1.82) is 0 Å². The Labute approximate surface area is 521 Å². The van der Waals surface area contributed by atoms with E-state index in [-0.39, 0.29) is 131 Å². The fourth-order valence-electron chi connectivity index (χ4n) is 9.60. The zero-order valence-electron chi connectivity index (χ0n) is 51.4. The SMILES string of the molecule is COCCOCCOCCOCCOCC[N+](CCCS(=O)(=O)[O-])=c1ccc2c(C(C)(C)C)cc(/C=C/C=C3/N(CCOCCOCCOCCOCCOCCC(=O)ON4C(=O)CCC4=O)c4ccc(S(=O)(=O)[O-])cc4C3(C)CCCS(=O)(=O)[O-])oc-2c1. The highest BCUT2D eigenvalue weighted by atomic mass is 32.2. The average molecular weight is 1320 g/mol. The van der Waals surface area contributed by atoms with E-state index in [1.807, 2.05) is 33.7 Å². The monoisotopic (exact) mass is 1320 g/mol. The van der Waals surface area contributed by atoms with Crippen molar-refractivity contribution in [3.05, 3.63) is 82.6 Å². The molecule has 1 saturated heterocycles. The molecule has 30 heteroatoms. The van der Waals surface area contributed by atoms with Crippen LogP contribution in [0.15, 0.2) is 69.6 Å². The minimum atomic E-state index is -4.93. The molecule has 3 heterocycles. The number of nitrogens with zero attached hydrogens (tertiary/aromatic N) is 3. The van der Waals surface area contributed by atoms with Gasteiger partial charge in [-0.25, -0.2) is 34.6 Å². The number of ether oxygens (including phenoxy) is 10. The molecule has 0 saturated carbocycles. The zero-order valence-corrected chi connectivity index (χ0v) is 53.8. The summed E-state index contributed by atoms with van der Waals surface area (Å²) in [6, 6.07) is 11.6. The number of hydrogen-bond donors (Lipinski definition) is 0. The molecule has 1 unspecified atom stereocenters. The molecule has 0 aromatic heterocycles. The number of hydrogen-bond acceptors (Lipinski definition) is 25. The summed E-state index contributed by atoms with van der Waals surface area (Å²) >= 11 is 0. The Morgan fingerprint density at radius 2 is 1.17 bits per heavy atom. The molecule has 27 nitrogen and oxygen atoms in total. The molecule has 3 aliphatic heterocycles. The summed E-state index contributed by atoms with van der Waals surface area (Å²) in [6.07, 6.45) is 5.18. The van der Waals surface area contributed by atoms with Crippen molar-refractivity contribution in [2.75, 3.05) is 169 Å². The second-order valence-electron chi connectivity index (χ2n) is 21.8. The Balaban J connectivity index is 1.24. The minimum absolute atomic E-state index is 0.00759. The van der Waals surface area contributed by atoms with Crippen LogP contribution in [0.2, 0.25) is 0 Å². The fourth-order valence-corrected chi connectivity index (χ4v) is 11.1. The first kappa shape index (κ1) is 74.6. The van der Waals surface area contributed by atoms with Gasteiger partial charge in [-0.2, -0.15) is 0 Å². The van der Waals surface area contributed by atoms with Crippen molar-refractivity contribution >= 4 is 59.9 Å². The van der Waals surface area contributed by atoms with Gasteiger partial charge in [0.25, 0.3) is 11.8 Å². The van der Waals surface area contributed by atoms with Crippen molar-refractivity contribution in [2.24, 2.45) is 0 Å². The summed E-state index contributed by atoms with van der Waals surface area (Å²) in [7, 11) is -12.4. The molecule has 1 atom stereocenters. The van der Waals surface area contributed by atoms with Gasteiger partial charge in [0, 0.05) is 72.9 Å². The van der Waals surface area contributed by atoms with E-state index in [9.17, 15) is 53.3 Å². The average Bonchev–Trinajstić information content (AvgIpc) is 1.62. The van der Waals surface area contributed by atoms with Crippen LogP contribution in [-0.2, 0) is 108 Å². The van der Waals surface area contributed by atoms with E-state index in [0.717, 1.165) is 11.1 Å². The van der Waals surface area contributed by atoms with Crippen LogP contribution in [0, 0.1) is 0 Å². The maximum atomic E-state index is 12.4. The summed E-state index contributed by atoms with van der Waals surface area (Å²) in [4.78, 5) is 41.2. The number of carbonyl (C=O) groups is 3. The number of benzene rings is 2. The van der Waals surface area contributed by atoms with Crippen LogP contribution in [0.1, 0.15) is 83.1 Å². The summed E-state index contributed by atoms with van der Waals surface area (Å²) < 4.78 is 172. The van der Waals surface area contributed by atoms with Crippen molar-refractivity contribution in [1.82, 2.24) is 9.64 Å². The lowest BCUT2D eigenvalue weighted by molar-refractivity contribution is -0.198. The number of carbonyl (C=O) groups excluding carboxylic acids is 3. The molecule has 0 N–H and O–H groups in total. The molecule has 4 aliphatic rings. The van der Waals surface area contributed by atoms with E-state index < -0.39 is 75.4 Å². The molecular weight excluding hydrogens is 1230 g/mol. The lowest BCUT2D eigenvalue weighted by Crippen LogP contribution is -2.35. The predicted molar refractivity (Wildman–Crippen MR) is 319 cm³/mol. The van der Waals surface area contributed by atoms with Crippen LogP contribution in [0.4, 0.5) is 5.69 Å². The number of methoxy groups -OCH3 is 1. The highest BCUT2D eigenvalue weighted by Gasteiger charge is 2.43. The lowest BCUT2D eigenvalue weighted by Gasteiger charge is -2.30. The van der Waals surface area contributed by atoms with Gasteiger partial charge in [0.1, 0.15) is 34.8 Å². The minimum Gasteiger partial charge on any atom is -0.748 e. The summed E-state index contributed by atoms with van der Waals surface area (Å²) in [5, 5.41) is 1.17. The number of hydroxylamine groups is 2.